The molecule has 0 aliphatic heterocycles. The number of carbonyl (C=O) groups is 1. The molecule has 0 aromatic heterocycles. The van der Waals surface area contributed by atoms with Crippen LogP contribution in [0.15, 0.2) is 47.4 Å². The highest BCUT2D eigenvalue weighted by molar-refractivity contribution is 7.89. The molecule has 1 fully saturated rings. The second-order valence-electron chi connectivity index (χ2n) is 5.50. The number of nitrogens with one attached hydrogen (secondary N) is 2. The average Bonchev–Trinajstić information content (AvgIpc) is 3.30. The predicted molar refractivity (Wildman–Crippen MR) is 94.2 cm³/mol. The molecule has 2 N–H and O–H groups in total. The zero-order valence-electron chi connectivity index (χ0n) is 12.4. The maximum Gasteiger partial charge on any atom is 0.257 e. The highest BCUT2D eigenvalue weighted by Gasteiger charge is 2.28. The van der Waals surface area contributed by atoms with Gasteiger partial charge in [0, 0.05) is 16.8 Å². The molecule has 0 radical (unpaired) electrons. The number of rotatable bonds is 5. The van der Waals surface area contributed by atoms with Crippen LogP contribution in [0.2, 0.25) is 10.0 Å². The van der Waals surface area contributed by atoms with Crippen LogP contribution in [-0.2, 0) is 10.0 Å². The van der Waals surface area contributed by atoms with Crippen molar-refractivity contribution in [1.29, 1.82) is 0 Å². The normalized spacial score (nSPS) is 14.4. The summed E-state index contributed by atoms with van der Waals surface area (Å²) in [4.78, 5) is 12.4. The van der Waals surface area contributed by atoms with Gasteiger partial charge < -0.3 is 5.32 Å². The Morgan fingerprint density at radius 3 is 2.50 bits per heavy atom. The van der Waals surface area contributed by atoms with Gasteiger partial charge in [-0.1, -0.05) is 29.3 Å². The minimum absolute atomic E-state index is 0.0149. The summed E-state index contributed by atoms with van der Waals surface area (Å²) >= 11 is 11.8. The van der Waals surface area contributed by atoms with Crippen LogP contribution in [0, 0.1) is 0 Å². The molecule has 0 heterocycles. The van der Waals surface area contributed by atoms with E-state index in [1.165, 1.54) is 24.3 Å². The molecule has 2 aromatic rings. The number of anilines is 1. The summed E-state index contributed by atoms with van der Waals surface area (Å²) in [6.07, 6.45) is 1.70. The minimum Gasteiger partial charge on any atom is -0.322 e. The number of benzene rings is 2. The van der Waals surface area contributed by atoms with E-state index in [-0.39, 0.29) is 21.5 Å². The number of halogens is 2. The minimum atomic E-state index is -3.58. The summed E-state index contributed by atoms with van der Waals surface area (Å²) < 4.78 is 27.0. The Morgan fingerprint density at radius 2 is 1.83 bits per heavy atom. The summed E-state index contributed by atoms with van der Waals surface area (Å²) in [6.45, 7) is 0. The number of hydrogen-bond acceptors (Lipinski definition) is 3. The lowest BCUT2D eigenvalue weighted by Gasteiger charge is -2.10. The van der Waals surface area contributed by atoms with E-state index in [0.29, 0.717) is 10.7 Å². The summed E-state index contributed by atoms with van der Waals surface area (Å²) in [5.74, 6) is -0.443. The average molecular weight is 385 g/mol. The van der Waals surface area contributed by atoms with Gasteiger partial charge in [-0.15, -0.1) is 0 Å². The third-order valence-electron chi connectivity index (χ3n) is 3.48. The fraction of sp³-hybridized carbons (Fsp3) is 0.188. The third-order valence-corrected chi connectivity index (χ3v) is 5.54. The van der Waals surface area contributed by atoms with Gasteiger partial charge in [0.2, 0.25) is 10.0 Å². The smallest absolute Gasteiger partial charge is 0.257 e. The molecule has 5 nitrogen and oxygen atoms in total. The zero-order chi connectivity index (χ0) is 17.3. The quantitative estimate of drug-likeness (QED) is 0.825. The molecule has 3 rings (SSSR count). The van der Waals surface area contributed by atoms with E-state index < -0.39 is 15.9 Å². The maximum absolute atomic E-state index is 12.3. The first-order chi connectivity index (χ1) is 11.3. The van der Waals surface area contributed by atoms with Crippen LogP contribution in [0.25, 0.3) is 0 Å². The monoisotopic (exact) mass is 384 g/mol. The van der Waals surface area contributed by atoms with E-state index in [4.69, 9.17) is 23.2 Å². The van der Waals surface area contributed by atoms with Gasteiger partial charge in [-0.3, -0.25) is 4.79 Å². The van der Waals surface area contributed by atoms with Crippen LogP contribution in [-0.4, -0.2) is 20.4 Å². The lowest BCUT2D eigenvalue weighted by Crippen LogP contribution is -2.25. The first kappa shape index (κ1) is 17.2. The van der Waals surface area contributed by atoms with Gasteiger partial charge in [-0.05, 0) is 49.2 Å². The Balaban J connectivity index is 1.80. The first-order valence-corrected chi connectivity index (χ1v) is 9.48. The Bertz CT molecular complexity index is 896. The van der Waals surface area contributed by atoms with Crippen molar-refractivity contribution in [2.75, 3.05) is 5.32 Å². The van der Waals surface area contributed by atoms with Crippen LogP contribution < -0.4 is 10.0 Å². The van der Waals surface area contributed by atoms with E-state index in [1.54, 1.807) is 18.2 Å². The Labute approximate surface area is 150 Å². The molecule has 0 saturated heterocycles. The van der Waals surface area contributed by atoms with E-state index >= 15 is 0 Å². The number of sulfonamides is 1. The van der Waals surface area contributed by atoms with Crippen molar-refractivity contribution in [3.05, 3.63) is 58.1 Å². The van der Waals surface area contributed by atoms with Crippen LogP contribution in [0.3, 0.4) is 0 Å². The highest BCUT2D eigenvalue weighted by Crippen LogP contribution is 2.25. The number of carbonyl (C=O) groups excluding carboxylic acids is 1. The molecule has 24 heavy (non-hydrogen) atoms. The molecule has 0 bridgehead atoms. The fourth-order valence-corrected chi connectivity index (χ4v) is 3.95. The standard InChI is InChI=1S/C16H14Cl2N2O3S/c17-10-4-7-14(15(18)8-10)16(21)19-12-2-1-3-13(9-12)24(22,23)20-11-5-6-11/h1-4,7-9,11,20H,5-6H2,(H,19,21). The first-order valence-electron chi connectivity index (χ1n) is 7.24. The van der Waals surface area contributed by atoms with E-state index in [0.717, 1.165) is 12.8 Å². The third kappa shape index (κ3) is 4.08. The van der Waals surface area contributed by atoms with Crippen molar-refractivity contribution in [1.82, 2.24) is 4.72 Å². The van der Waals surface area contributed by atoms with E-state index in [1.807, 2.05) is 0 Å². The van der Waals surface area contributed by atoms with Gasteiger partial charge in [0.25, 0.3) is 5.91 Å². The van der Waals surface area contributed by atoms with Crippen LogP contribution in [0.5, 0.6) is 0 Å². The van der Waals surface area contributed by atoms with E-state index in [2.05, 4.69) is 10.0 Å². The second kappa shape index (κ2) is 6.72. The topological polar surface area (TPSA) is 75.3 Å². The lowest BCUT2D eigenvalue weighted by molar-refractivity contribution is 0.102. The molecular formula is C16H14Cl2N2O3S. The molecule has 0 spiro atoms. The molecule has 2 aromatic carbocycles. The molecular weight excluding hydrogens is 371 g/mol. The molecule has 126 valence electrons. The van der Waals surface area contributed by atoms with Crippen molar-refractivity contribution in [2.45, 2.75) is 23.8 Å². The van der Waals surface area contributed by atoms with Crippen molar-refractivity contribution in [3.63, 3.8) is 0 Å². The molecule has 1 saturated carbocycles. The predicted octanol–water partition coefficient (Wildman–Crippen LogP) is 3.69. The van der Waals surface area contributed by atoms with Gasteiger partial charge in [0.15, 0.2) is 0 Å². The molecule has 1 amide bonds. The number of amides is 1. The summed E-state index contributed by atoms with van der Waals surface area (Å²) in [5, 5.41) is 3.29. The van der Waals surface area contributed by atoms with Crippen molar-refractivity contribution in [3.8, 4) is 0 Å². The van der Waals surface area contributed by atoms with Crippen LogP contribution in [0.1, 0.15) is 23.2 Å². The fourth-order valence-electron chi connectivity index (χ4n) is 2.10. The van der Waals surface area contributed by atoms with Gasteiger partial charge in [-0.25, -0.2) is 13.1 Å². The van der Waals surface area contributed by atoms with Crippen molar-refractivity contribution >= 4 is 44.8 Å². The Morgan fingerprint density at radius 1 is 1.08 bits per heavy atom. The molecule has 1 aliphatic rings. The summed E-state index contributed by atoms with van der Waals surface area (Å²) in [6, 6.07) is 10.6. The highest BCUT2D eigenvalue weighted by atomic mass is 35.5. The molecule has 0 unspecified atom stereocenters. The number of hydrogen-bond donors (Lipinski definition) is 2. The molecule has 0 atom stereocenters. The van der Waals surface area contributed by atoms with Gasteiger partial charge in [0.05, 0.1) is 15.5 Å². The van der Waals surface area contributed by atoms with Crippen molar-refractivity contribution < 1.29 is 13.2 Å². The van der Waals surface area contributed by atoms with Crippen LogP contribution in [0.4, 0.5) is 5.69 Å². The van der Waals surface area contributed by atoms with E-state index in [9.17, 15) is 13.2 Å². The Hall–Kier alpha value is -1.60. The van der Waals surface area contributed by atoms with Crippen molar-refractivity contribution in [2.24, 2.45) is 0 Å². The second-order valence-corrected chi connectivity index (χ2v) is 8.06. The van der Waals surface area contributed by atoms with Gasteiger partial charge in [-0.2, -0.15) is 0 Å². The van der Waals surface area contributed by atoms with Gasteiger partial charge in [0.1, 0.15) is 0 Å². The summed E-state index contributed by atoms with van der Waals surface area (Å²) in [7, 11) is -3.58. The molecule has 1 aliphatic carbocycles. The van der Waals surface area contributed by atoms with Crippen LogP contribution >= 0.6 is 23.2 Å². The molecule has 8 heteroatoms. The zero-order valence-corrected chi connectivity index (χ0v) is 14.8. The largest absolute Gasteiger partial charge is 0.322 e. The lowest BCUT2D eigenvalue weighted by atomic mass is 10.2. The summed E-state index contributed by atoms with van der Waals surface area (Å²) in [5.41, 5.74) is 0.620. The Kier molecular flexibility index (Phi) is 4.83. The maximum atomic E-state index is 12.3. The van der Waals surface area contributed by atoms with Gasteiger partial charge >= 0.3 is 0 Å². The SMILES string of the molecule is O=C(Nc1cccc(S(=O)(=O)NC2CC2)c1)c1ccc(Cl)cc1Cl.